The smallest absolute Gasteiger partial charge is 0.323 e. The Morgan fingerprint density at radius 2 is 2.26 bits per heavy atom. The van der Waals surface area contributed by atoms with Gasteiger partial charge in [0.15, 0.2) is 5.82 Å². The zero-order chi connectivity index (χ0) is 17.0. The largest absolute Gasteiger partial charge is 0.480 e. The molecule has 7 nitrogen and oxygen atoms in total. The quantitative estimate of drug-likeness (QED) is 0.783. The molecule has 1 fully saturated rings. The van der Waals surface area contributed by atoms with E-state index in [0.717, 1.165) is 19.5 Å². The Labute approximate surface area is 136 Å². The van der Waals surface area contributed by atoms with Crippen molar-refractivity contribution in [3.8, 4) is 0 Å². The fourth-order valence-electron chi connectivity index (χ4n) is 3.07. The van der Waals surface area contributed by atoms with E-state index in [2.05, 4.69) is 29.0 Å². The van der Waals surface area contributed by atoms with Gasteiger partial charge in [-0.15, -0.1) is 0 Å². The maximum Gasteiger partial charge on any atom is 0.323 e. The van der Waals surface area contributed by atoms with Gasteiger partial charge in [-0.2, -0.15) is 0 Å². The number of carboxylic acid groups (broad SMARTS) is 1. The maximum absolute atomic E-state index is 12.4. The summed E-state index contributed by atoms with van der Waals surface area (Å²) in [6.45, 7) is 8.55. The van der Waals surface area contributed by atoms with Crippen molar-refractivity contribution in [2.45, 2.75) is 46.2 Å². The summed E-state index contributed by atoms with van der Waals surface area (Å²) in [5.74, 6) is -0.194. The summed E-state index contributed by atoms with van der Waals surface area (Å²) in [4.78, 5) is 29.8. The first-order valence-electron chi connectivity index (χ1n) is 8.14. The van der Waals surface area contributed by atoms with Crippen LogP contribution in [0.5, 0.6) is 0 Å². The summed E-state index contributed by atoms with van der Waals surface area (Å²) in [5, 5.41) is 12.0. The Kier molecular flexibility index (Phi) is 5.76. The first-order chi connectivity index (χ1) is 10.9. The molecule has 1 aromatic rings. The number of anilines is 1. The Morgan fingerprint density at radius 1 is 1.52 bits per heavy atom. The minimum absolute atomic E-state index is 0.230. The van der Waals surface area contributed by atoms with Crippen molar-refractivity contribution in [2.24, 2.45) is 5.92 Å². The van der Waals surface area contributed by atoms with Crippen molar-refractivity contribution in [1.29, 1.82) is 0 Å². The Balaban J connectivity index is 2.06. The number of aromatic nitrogens is 2. The topological polar surface area (TPSA) is 87.5 Å². The van der Waals surface area contributed by atoms with Crippen LogP contribution in [0.3, 0.4) is 0 Å². The highest BCUT2D eigenvalue weighted by Gasteiger charge is 2.25. The average molecular weight is 322 g/mol. The van der Waals surface area contributed by atoms with Crippen LogP contribution in [0.1, 0.15) is 32.4 Å². The average Bonchev–Trinajstić information content (AvgIpc) is 2.89. The van der Waals surface area contributed by atoms with Gasteiger partial charge in [0.25, 0.3) is 5.56 Å². The molecule has 0 spiro atoms. The van der Waals surface area contributed by atoms with Crippen LogP contribution < -0.4 is 10.9 Å². The van der Waals surface area contributed by atoms with Crippen molar-refractivity contribution >= 4 is 11.8 Å². The van der Waals surface area contributed by atoms with Gasteiger partial charge in [-0.1, -0.05) is 13.8 Å². The summed E-state index contributed by atoms with van der Waals surface area (Å²) in [6, 6.07) is 0.396. The lowest BCUT2D eigenvalue weighted by molar-refractivity contribution is -0.137. The molecular weight excluding hydrogens is 296 g/mol. The van der Waals surface area contributed by atoms with Gasteiger partial charge in [-0.25, -0.2) is 4.98 Å². The van der Waals surface area contributed by atoms with Crippen LogP contribution in [0.2, 0.25) is 0 Å². The fraction of sp³-hybridized carbons (Fsp3) is 0.688. The highest BCUT2D eigenvalue weighted by molar-refractivity contribution is 5.66. The van der Waals surface area contributed by atoms with Gasteiger partial charge >= 0.3 is 5.97 Å². The van der Waals surface area contributed by atoms with E-state index in [0.29, 0.717) is 24.2 Å². The van der Waals surface area contributed by atoms with Gasteiger partial charge in [0.05, 0.1) is 0 Å². The van der Waals surface area contributed by atoms with E-state index in [9.17, 15) is 9.59 Å². The molecule has 0 radical (unpaired) electrons. The SMILES string of the molecule is Cc1cnc(NC[C@H]2CCCN2CC(C)C)c(=O)n1CC(=O)O. The van der Waals surface area contributed by atoms with Gasteiger partial charge in [0, 0.05) is 31.0 Å². The lowest BCUT2D eigenvalue weighted by Crippen LogP contribution is -2.38. The highest BCUT2D eigenvalue weighted by Crippen LogP contribution is 2.18. The van der Waals surface area contributed by atoms with Crippen LogP contribution in [0, 0.1) is 12.8 Å². The molecule has 23 heavy (non-hydrogen) atoms. The van der Waals surface area contributed by atoms with Gasteiger partial charge in [0.1, 0.15) is 6.54 Å². The van der Waals surface area contributed by atoms with E-state index in [1.807, 2.05) is 0 Å². The molecule has 128 valence electrons. The number of aliphatic carboxylic acids is 1. The van der Waals surface area contributed by atoms with E-state index < -0.39 is 5.97 Å². The third-order valence-electron chi connectivity index (χ3n) is 4.15. The van der Waals surface area contributed by atoms with Crippen LogP contribution in [0.25, 0.3) is 0 Å². The first kappa shape index (κ1) is 17.5. The number of aryl methyl sites for hydroxylation is 1. The van der Waals surface area contributed by atoms with Crippen LogP contribution in [-0.2, 0) is 11.3 Å². The second-order valence-electron chi connectivity index (χ2n) is 6.60. The van der Waals surface area contributed by atoms with Crippen molar-refractivity contribution in [2.75, 3.05) is 25.0 Å². The number of hydrogen-bond donors (Lipinski definition) is 2. The number of hydrogen-bond acceptors (Lipinski definition) is 5. The molecule has 0 amide bonds. The van der Waals surface area contributed by atoms with Crippen LogP contribution in [-0.4, -0.2) is 51.2 Å². The Morgan fingerprint density at radius 3 is 2.91 bits per heavy atom. The maximum atomic E-state index is 12.4. The van der Waals surface area contributed by atoms with Gasteiger partial charge in [-0.05, 0) is 32.2 Å². The van der Waals surface area contributed by atoms with Gasteiger partial charge in [0.2, 0.25) is 0 Å². The second kappa shape index (κ2) is 7.59. The molecule has 1 aliphatic heterocycles. The molecule has 2 N–H and O–H groups in total. The second-order valence-corrected chi connectivity index (χ2v) is 6.60. The fourth-order valence-corrected chi connectivity index (χ4v) is 3.07. The summed E-state index contributed by atoms with van der Waals surface area (Å²) < 4.78 is 1.23. The number of nitrogens with one attached hydrogen (secondary N) is 1. The van der Waals surface area contributed by atoms with Gasteiger partial charge in [-0.3, -0.25) is 19.1 Å². The third kappa shape index (κ3) is 4.54. The van der Waals surface area contributed by atoms with Crippen LogP contribution in [0.4, 0.5) is 5.82 Å². The van der Waals surface area contributed by atoms with Crippen molar-refractivity contribution in [1.82, 2.24) is 14.5 Å². The first-order valence-corrected chi connectivity index (χ1v) is 8.14. The van der Waals surface area contributed by atoms with E-state index in [4.69, 9.17) is 5.11 Å². The molecule has 2 heterocycles. The zero-order valence-corrected chi connectivity index (χ0v) is 14.1. The standard InChI is InChI=1S/C16H26N4O3/c1-11(2)9-19-6-4-5-13(19)8-18-15-16(23)20(10-14(21)22)12(3)7-17-15/h7,11,13H,4-6,8-10H2,1-3H3,(H,17,18)(H,21,22)/t13-/m1/s1. The minimum Gasteiger partial charge on any atom is -0.480 e. The number of carbonyl (C=O) groups is 1. The Hall–Kier alpha value is -1.89. The molecule has 1 aliphatic rings. The van der Waals surface area contributed by atoms with Crippen LogP contribution >= 0.6 is 0 Å². The van der Waals surface area contributed by atoms with E-state index in [1.165, 1.54) is 17.2 Å². The zero-order valence-electron chi connectivity index (χ0n) is 14.1. The number of carboxylic acids is 1. The molecule has 0 saturated carbocycles. The lowest BCUT2D eigenvalue weighted by atomic mass is 10.1. The molecule has 1 saturated heterocycles. The van der Waals surface area contributed by atoms with E-state index >= 15 is 0 Å². The molecule has 1 atom stereocenters. The minimum atomic E-state index is -1.04. The number of rotatable bonds is 7. The monoisotopic (exact) mass is 322 g/mol. The van der Waals surface area contributed by atoms with Crippen LogP contribution in [0.15, 0.2) is 11.0 Å². The summed E-state index contributed by atoms with van der Waals surface area (Å²) >= 11 is 0. The highest BCUT2D eigenvalue weighted by atomic mass is 16.4. The molecule has 0 aliphatic carbocycles. The predicted molar refractivity (Wildman–Crippen MR) is 88.8 cm³/mol. The summed E-state index contributed by atoms with van der Waals surface area (Å²) in [5.41, 5.74) is 0.172. The van der Waals surface area contributed by atoms with Crippen molar-refractivity contribution < 1.29 is 9.90 Å². The molecule has 0 unspecified atom stereocenters. The third-order valence-corrected chi connectivity index (χ3v) is 4.15. The summed E-state index contributed by atoms with van der Waals surface area (Å²) in [6.07, 6.45) is 3.81. The Bertz CT molecular complexity index is 612. The molecule has 0 aromatic carbocycles. The van der Waals surface area contributed by atoms with Gasteiger partial charge < -0.3 is 10.4 Å². The summed E-state index contributed by atoms with van der Waals surface area (Å²) in [7, 11) is 0. The normalized spacial score (nSPS) is 18.5. The molecule has 1 aromatic heterocycles. The molecular formula is C16H26N4O3. The lowest BCUT2D eigenvalue weighted by Gasteiger charge is -2.26. The number of likely N-dealkylation sites (tertiary alicyclic amines) is 1. The van der Waals surface area contributed by atoms with Crippen molar-refractivity contribution in [3.05, 3.63) is 22.2 Å². The molecule has 0 bridgehead atoms. The molecule has 2 rings (SSSR count). The molecule has 7 heteroatoms. The van der Waals surface area contributed by atoms with E-state index in [-0.39, 0.29) is 17.9 Å². The number of nitrogens with zero attached hydrogens (tertiary/aromatic N) is 3. The van der Waals surface area contributed by atoms with Crippen molar-refractivity contribution in [3.63, 3.8) is 0 Å². The predicted octanol–water partition coefficient (Wildman–Crippen LogP) is 1.17. The van der Waals surface area contributed by atoms with E-state index in [1.54, 1.807) is 6.92 Å².